The average molecular weight is 255 g/mol. The van der Waals surface area contributed by atoms with Gasteiger partial charge in [-0.2, -0.15) is 5.26 Å². The predicted octanol–water partition coefficient (Wildman–Crippen LogP) is 1.48. The summed E-state index contributed by atoms with van der Waals surface area (Å²) in [4.78, 5) is 10.8. The number of nitriles is 1. The molecule has 0 aromatic heterocycles. The van der Waals surface area contributed by atoms with Crippen molar-refractivity contribution in [2.24, 2.45) is 5.73 Å². The number of nitrogens with two attached hydrogens (primary N) is 1. The Labute approximate surface area is 89.1 Å². The summed E-state index contributed by atoms with van der Waals surface area (Å²) in [5, 5.41) is 17.6. The second-order valence-corrected chi connectivity index (χ2v) is 3.52. The number of carbonyl (C=O) groups is 1. The normalized spacial score (nSPS) is 9.50. The first-order valence-electron chi connectivity index (χ1n) is 3.76. The van der Waals surface area contributed by atoms with Gasteiger partial charge in [-0.25, -0.2) is 4.79 Å². The highest BCUT2D eigenvalue weighted by atomic mass is 79.9. The lowest BCUT2D eigenvalue weighted by Gasteiger charge is -2.05. The lowest BCUT2D eigenvalue weighted by molar-refractivity contribution is 0.0696. The van der Waals surface area contributed by atoms with Crippen molar-refractivity contribution in [3.63, 3.8) is 0 Å². The van der Waals surface area contributed by atoms with E-state index in [2.05, 4.69) is 15.9 Å². The van der Waals surface area contributed by atoms with E-state index in [0.29, 0.717) is 10.0 Å². The molecule has 1 aromatic rings. The molecular weight excluding hydrogens is 248 g/mol. The van der Waals surface area contributed by atoms with Crippen LogP contribution in [-0.4, -0.2) is 11.1 Å². The van der Waals surface area contributed by atoms with Gasteiger partial charge in [0.15, 0.2) is 0 Å². The van der Waals surface area contributed by atoms with E-state index in [0.717, 1.165) is 0 Å². The number of carboxylic acids is 1. The molecule has 0 atom stereocenters. The number of hydrogen-bond acceptors (Lipinski definition) is 3. The van der Waals surface area contributed by atoms with Crippen LogP contribution in [0.4, 0.5) is 0 Å². The van der Waals surface area contributed by atoms with Crippen LogP contribution < -0.4 is 5.73 Å². The molecule has 0 spiro atoms. The zero-order chi connectivity index (χ0) is 10.7. The summed E-state index contributed by atoms with van der Waals surface area (Å²) in [6.07, 6.45) is 0. The molecular formula is C9H7BrN2O2. The first-order valence-corrected chi connectivity index (χ1v) is 4.55. The number of aromatic carboxylic acids is 1. The molecule has 0 aliphatic heterocycles. The van der Waals surface area contributed by atoms with Crippen molar-refractivity contribution in [2.75, 3.05) is 0 Å². The van der Waals surface area contributed by atoms with Crippen LogP contribution in [0.2, 0.25) is 0 Å². The Morgan fingerprint density at radius 3 is 2.71 bits per heavy atom. The van der Waals surface area contributed by atoms with Crippen molar-refractivity contribution in [3.8, 4) is 6.07 Å². The van der Waals surface area contributed by atoms with Crippen LogP contribution in [-0.2, 0) is 6.54 Å². The van der Waals surface area contributed by atoms with Gasteiger partial charge in [0.05, 0.1) is 11.1 Å². The van der Waals surface area contributed by atoms with Crippen molar-refractivity contribution in [2.45, 2.75) is 6.54 Å². The van der Waals surface area contributed by atoms with Crippen molar-refractivity contribution in [3.05, 3.63) is 33.3 Å². The molecule has 0 fully saturated rings. The standard InChI is InChI=1S/C9H7BrN2O2/c10-6-1-5(3-11)8(4-12)7(2-6)9(13)14/h1-2H,3,11H2,(H,13,14). The van der Waals surface area contributed by atoms with Crippen LogP contribution in [0.3, 0.4) is 0 Å². The summed E-state index contributed by atoms with van der Waals surface area (Å²) < 4.78 is 0.606. The number of carboxylic acid groups (broad SMARTS) is 1. The van der Waals surface area contributed by atoms with Gasteiger partial charge in [0.1, 0.15) is 6.07 Å². The van der Waals surface area contributed by atoms with E-state index >= 15 is 0 Å². The summed E-state index contributed by atoms with van der Waals surface area (Å²) in [5.74, 6) is -1.13. The zero-order valence-electron chi connectivity index (χ0n) is 7.12. The second-order valence-electron chi connectivity index (χ2n) is 2.61. The van der Waals surface area contributed by atoms with Crippen molar-refractivity contribution >= 4 is 21.9 Å². The van der Waals surface area contributed by atoms with Gasteiger partial charge in [0.25, 0.3) is 0 Å². The van der Waals surface area contributed by atoms with Gasteiger partial charge in [0, 0.05) is 11.0 Å². The maximum atomic E-state index is 10.8. The summed E-state index contributed by atoms with van der Waals surface area (Å²) in [6.45, 7) is 0.141. The third-order valence-corrected chi connectivity index (χ3v) is 2.20. The molecule has 3 N–H and O–H groups in total. The van der Waals surface area contributed by atoms with E-state index in [4.69, 9.17) is 16.1 Å². The van der Waals surface area contributed by atoms with Crippen molar-refractivity contribution in [1.29, 1.82) is 5.26 Å². The molecule has 14 heavy (non-hydrogen) atoms. The molecule has 1 aromatic carbocycles. The molecule has 0 bridgehead atoms. The highest BCUT2D eigenvalue weighted by Gasteiger charge is 2.14. The lowest BCUT2D eigenvalue weighted by Crippen LogP contribution is -2.07. The minimum atomic E-state index is -1.13. The summed E-state index contributed by atoms with van der Waals surface area (Å²) in [5.41, 5.74) is 6.03. The van der Waals surface area contributed by atoms with Gasteiger partial charge in [-0.1, -0.05) is 15.9 Å². The third kappa shape index (κ3) is 1.92. The van der Waals surface area contributed by atoms with Crippen molar-refractivity contribution < 1.29 is 9.90 Å². The highest BCUT2D eigenvalue weighted by molar-refractivity contribution is 9.10. The monoisotopic (exact) mass is 254 g/mol. The molecule has 0 saturated carbocycles. The fourth-order valence-corrected chi connectivity index (χ4v) is 1.63. The Morgan fingerprint density at radius 1 is 1.64 bits per heavy atom. The minimum Gasteiger partial charge on any atom is -0.478 e. The van der Waals surface area contributed by atoms with Crippen LogP contribution >= 0.6 is 15.9 Å². The Balaban J connectivity index is 3.49. The molecule has 0 amide bonds. The molecule has 1 rings (SSSR count). The Kier molecular flexibility index (Phi) is 3.23. The van der Waals surface area contributed by atoms with Crippen LogP contribution in [0.15, 0.2) is 16.6 Å². The van der Waals surface area contributed by atoms with Gasteiger partial charge in [-0.15, -0.1) is 0 Å². The Bertz CT molecular complexity index is 424. The first-order chi connectivity index (χ1) is 6.60. The van der Waals surface area contributed by atoms with Crippen LogP contribution in [0.25, 0.3) is 0 Å². The van der Waals surface area contributed by atoms with Crippen LogP contribution in [0, 0.1) is 11.3 Å². The van der Waals surface area contributed by atoms with E-state index in [1.807, 2.05) is 6.07 Å². The van der Waals surface area contributed by atoms with E-state index in [-0.39, 0.29) is 17.7 Å². The number of rotatable bonds is 2. The Morgan fingerprint density at radius 2 is 2.29 bits per heavy atom. The summed E-state index contributed by atoms with van der Waals surface area (Å²) in [7, 11) is 0. The Hall–Kier alpha value is -1.38. The second kappa shape index (κ2) is 4.22. The van der Waals surface area contributed by atoms with Crippen molar-refractivity contribution in [1.82, 2.24) is 0 Å². The molecule has 0 saturated heterocycles. The van der Waals surface area contributed by atoms with Gasteiger partial charge >= 0.3 is 5.97 Å². The maximum Gasteiger partial charge on any atom is 0.337 e. The number of benzene rings is 1. The lowest BCUT2D eigenvalue weighted by atomic mass is 10.0. The summed E-state index contributed by atoms with van der Waals surface area (Å²) >= 11 is 3.16. The van der Waals surface area contributed by atoms with Crippen LogP contribution in [0.1, 0.15) is 21.5 Å². The largest absolute Gasteiger partial charge is 0.478 e. The predicted molar refractivity (Wildman–Crippen MR) is 53.7 cm³/mol. The van der Waals surface area contributed by atoms with Gasteiger partial charge in [-0.05, 0) is 17.7 Å². The maximum absolute atomic E-state index is 10.8. The molecule has 72 valence electrons. The molecule has 0 aliphatic carbocycles. The molecule has 0 unspecified atom stereocenters. The van der Waals surface area contributed by atoms with Gasteiger partial charge < -0.3 is 10.8 Å². The molecule has 5 heteroatoms. The number of nitrogens with zero attached hydrogens (tertiary/aromatic N) is 1. The minimum absolute atomic E-state index is 0.0256. The topological polar surface area (TPSA) is 87.1 Å². The first kappa shape index (κ1) is 10.7. The quantitative estimate of drug-likeness (QED) is 0.837. The number of halogens is 1. The van der Waals surface area contributed by atoms with Gasteiger partial charge in [-0.3, -0.25) is 0 Å². The molecule has 0 radical (unpaired) electrons. The van der Waals surface area contributed by atoms with E-state index in [9.17, 15) is 4.79 Å². The smallest absolute Gasteiger partial charge is 0.337 e. The summed E-state index contributed by atoms with van der Waals surface area (Å²) in [6, 6.07) is 4.87. The number of hydrogen-bond donors (Lipinski definition) is 2. The van der Waals surface area contributed by atoms with E-state index in [1.54, 1.807) is 6.07 Å². The SMILES string of the molecule is N#Cc1c(CN)cc(Br)cc1C(=O)O. The third-order valence-electron chi connectivity index (χ3n) is 1.75. The average Bonchev–Trinajstić information content (AvgIpc) is 2.16. The zero-order valence-corrected chi connectivity index (χ0v) is 8.71. The highest BCUT2D eigenvalue weighted by Crippen LogP contribution is 2.20. The van der Waals surface area contributed by atoms with E-state index < -0.39 is 5.97 Å². The van der Waals surface area contributed by atoms with E-state index in [1.165, 1.54) is 6.07 Å². The molecule has 4 nitrogen and oxygen atoms in total. The molecule has 0 heterocycles. The fraction of sp³-hybridized carbons (Fsp3) is 0.111. The van der Waals surface area contributed by atoms with Crippen LogP contribution in [0.5, 0.6) is 0 Å². The fourth-order valence-electron chi connectivity index (χ4n) is 1.13. The molecule has 0 aliphatic rings. The van der Waals surface area contributed by atoms with Gasteiger partial charge in [0.2, 0.25) is 0 Å².